The molecule has 2 saturated heterocycles. The van der Waals surface area contributed by atoms with E-state index in [0.717, 1.165) is 44.6 Å². The number of likely N-dealkylation sites (tertiary alicyclic amines) is 1. The molecular weight excluding hydrogens is 291 g/mol. The second kappa shape index (κ2) is 6.32. The van der Waals surface area contributed by atoms with Crippen LogP contribution in [-0.2, 0) is 0 Å². The Kier molecular flexibility index (Phi) is 4.89. The van der Waals surface area contributed by atoms with Gasteiger partial charge in [-0.2, -0.15) is 0 Å². The minimum atomic E-state index is -0.340. The molecule has 0 bridgehead atoms. The Bertz CT molecular complexity index is 519. The number of nitrogens with zero attached hydrogens (tertiary/aromatic N) is 1. The summed E-state index contributed by atoms with van der Waals surface area (Å²) in [5.41, 5.74) is 1.75. The zero-order valence-electron chi connectivity index (χ0n) is 12.3. The number of carbonyl (C=O) groups excluding carboxylic acids is 1. The third-order valence-electron chi connectivity index (χ3n) is 4.87. The summed E-state index contributed by atoms with van der Waals surface area (Å²) in [6.45, 7) is 5.61. The molecule has 1 spiro atoms. The number of hydrogen-bond acceptors (Lipinski definition) is 2. The van der Waals surface area contributed by atoms with E-state index in [-0.39, 0.29) is 24.1 Å². The minimum absolute atomic E-state index is 0. The van der Waals surface area contributed by atoms with Crippen molar-refractivity contribution in [3.63, 3.8) is 0 Å². The zero-order chi connectivity index (χ0) is 14.2. The van der Waals surface area contributed by atoms with E-state index in [1.54, 1.807) is 6.07 Å². The van der Waals surface area contributed by atoms with Crippen molar-refractivity contribution in [3.05, 3.63) is 35.1 Å². The highest BCUT2D eigenvalue weighted by Gasteiger charge is 2.38. The van der Waals surface area contributed by atoms with Gasteiger partial charge in [0, 0.05) is 25.2 Å². The summed E-state index contributed by atoms with van der Waals surface area (Å²) in [4.78, 5) is 14.4. The van der Waals surface area contributed by atoms with E-state index in [1.165, 1.54) is 18.6 Å². The van der Waals surface area contributed by atoms with E-state index < -0.39 is 0 Å². The molecule has 1 N–H and O–H groups in total. The van der Waals surface area contributed by atoms with Crippen molar-refractivity contribution in [2.24, 2.45) is 5.41 Å². The van der Waals surface area contributed by atoms with Crippen LogP contribution in [0.5, 0.6) is 0 Å². The summed E-state index contributed by atoms with van der Waals surface area (Å²) in [7, 11) is 0. The van der Waals surface area contributed by atoms with Crippen molar-refractivity contribution in [2.45, 2.75) is 26.2 Å². The summed E-state index contributed by atoms with van der Waals surface area (Å²) in [5.74, 6) is -0.366. The van der Waals surface area contributed by atoms with Gasteiger partial charge in [-0.3, -0.25) is 4.79 Å². The molecule has 21 heavy (non-hydrogen) atoms. The molecule has 0 unspecified atom stereocenters. The first kappa shape index (κ1) is 16.2. The highest BCUT2D eigenvalue weighted by molar-refractivity contribution is 5.95. The second-order valence-corrected chi connectivity index (χ2v) is 6.18. The number of benzene rings is 1. The second-order valence-electron chi connectivity index (χ2n) is 6.18. The van der Waals surface area contributed by atoms with E-state index in [9.17, 15) is 9.18 Å². The lowest BCUT2D eigenvalue weighted by molar-refractivity contribution is 0.0606. The van der Waals surface area contributed by atoms with Crippen molar-refractivity contribution in [1.82, 2.24) is 10.2 Å². The molecule has 2 aliphatic rings. The fourth-order valence-corrected chi connectivity index (χ4v) is 3.40. The summed E-state index contributed by atoms with van der Waals surface area (Å²) < 4.78 is 13.3. The molecule has 1 aromatic rings. The maximum atomic E-state index is 13.3. The van der Waals surface area contributed by atoms with Crippen LogP contribution < -0.4 is 5.32 Å². The first-order chi connectivity index (χ1) is 9.60. The average molecular weight is 313 g/mol. The average Bonchev–Trinajstić information content (AvgIpc) is 2.90. The minimum Gasteiger partial charge on any atom is -0.339 e. The molecule has 1 aromatic carbocycles. The van der Waals surface area contributed by atoms with Crippen molar-refractivity contribution in [2.75, 3.05) is 26.2 Å². The molecule has 3 rings (SSSR count). The predicted molar refractivity (Wildman–Crippen MR) is 83.4 cm³/mol. The molecule has 3 nitrogen and oxygen atoms in total. The van der Waals surface area contributed by atoms with Gasteiger partial charge in [-0.05, 0) is 55.8 Å². The summed E-state index contributed by atoms with van der Waals surface area (Å²) >= 11 is 0. The van der Waals surface area contributed by atoms with Crippen LogP contribution in [0.2, 0.25) is 0 Å². The summed E-state index contributed by atoms with van der Waals surface area (Å²) in [5, 5.41) is 3.42. The molecule has 2 fully saturated rings. The van der Waals surface area contributed by atoms with Gasteiger partial charge < -0.3 is 10.2 Å². The van der Waals surface area contributed by atoms with E-state index >= 15 is 0 Å². The Morgan fingerprint density at radius 3 is 2.62 bits per heavy atom. The Morgan fingerprint density at radius 1 is 1.29 bits per heavy atom. The van der Waals surface area contributed by atoms with Crippen LogP contribution in [0.4, 0.5) is 4.39 Å². The van der Waals surface area contributed by atoms with Crippen molar-refractivity contribution in [1.29, 1.82) is 0 Å². The van der Waals surface area contributed by atoms with Crippen LogP contribution in [0.15, 0.2) is 18.2 Å². The normalized spacial score (nSPS) is 20.4. The molecular formula is C16H22ClFN2O. The lowest BCUT2D eigenvalue weighted by Crippen LogP contribution is -2.44. The Labute approximate surface area is 131 Å². The first-order valence-corrected chi connectivity index (χ1v) is 7.36. The molecule has 0 saturated carbocycles. The van der Waals surface area contributed by atoms with Gasteiger partial charge in [-0.15, -0.1) is 12.4 Å². The molecule has 2 heterocycles. The van der Waals surface area contributed by atoms with Crippen LogP contribution in [0, 0.1) is 18.2 Å². The molecule has 1 amide bonds. The van der Waals surface area contributed by atoms with Gasteiger partial charge >= 0.3 is 0 Å². The van der Waals surface area contributed by atoms with Gasteiger partial charge in [0.1, 0.15) is 5.82 Å². The third-order valence-corrected chi connectivity index (χ3v) is 4.87. The van der Waals surface area contributed by atoms with E-state index in [2.05, 4.69) is 5.32 Å². The van der Waals surface area contributed by atoms with E-state index in [1.807, 2.05) is 11.8 Å². The molecule has 0 aliphatic carbocycles. The van der Waals surface area contributed by atoms with Gasteiger partial charge in [0.2, 0.25) is 0 Å². The number of piperidine rings is 1. The highest BCUT2D eigenvalue weighted by Crippen LogP contribution is 2.37. The standard InChI is InChI=1S/C16H21FN2O.ClH/c1-12-2-3-13(17)10-14(12)15(20)19-8-5-16(6-9-19)4-7-18-11-16;/h2-3,10,18H,4-9,11H2,1H3;1H. The van der Waals surface area contributed by atoms with Crippen LogP contribution >= 0.6 is 12.4 Å². The quantitative estimate of drug-likeness (QED) is 0.865. The van der Waals surface area contributed by atoms with Crippen molar-refractivity contribution < 1.29 is 9.18 Å². The molecule has 2 aliphatic heterocycles. The van der Waals surface area contributed by atoms with Crippen molar-refractivity contribution in [3.8, 4) is 0 Å². The lowest BCUT2D eigenvalue weighted by atomic mass is 9.77. The summed E-state index contributed by atoms with van der Waals surface area (Å²) in [6, 6.07) is 4.44. The SMILES string of the molecule is Cc1ccc(F)cc1C(=O)N1CCC2(CCNC2)CC1.Cl. The van der Waals surface area contributed by atoms with Crippen LogP contribution in [0.25, 0.3) is 0 Å². The third kappa shape index (κ3) is 3.22. The summed E-state index contributed by atoms with van der Waals surface area (Å²) in [6.07, 6.45) is 3.33. The van der Waals surface area contributed by atoms with Crippen LogP contribution in [-0.4, -0.2) is 37.0 Å². The zero-order valence-corrected chi connectivity index (χ0v) is 13.1. The van der Waals surface area contributed by atoms with E-state index in [0.29, 0.717) is 11.0 Å². The van der Waals surface area contributed by atoms with Gasteiger partial charge in [0.15, 0.2) is 0 Å². The first-order valence-electron chi connectivity index (χ1n) is 7.36. The van der Waals surface area contributed by atoms with Crippen LogP contribution in [0.3, 0.4) is 0 Å². The Balaban J connectivity index is 0.00000161. The smallest absolute Gasteiger partial charge is 0.254 e. The topological polar surface area (TPSA) is 32.3 Å². The van der Waals surface area contributed by atoms with Gasteiger partial charge in [-0.25, -0.2) is 4.39 Å². The highest BCUT2D eigenvalue weighted by atomic mass is 35.5. The number of carbonyl (C=O) groups is 1. The lowest BCUT2D eigenvalue weighted by Gasteiger charge is -2.39. The molecule has 0 atom stereocenters. The molecule has 116 valence electrons. The Hall–Kier alpha value is -1.13. The number of amides is 1. The molecule has 0 radical (unpaired) electrons. The van der Waals surface area contributed by atoms with Crippen LogP contribution in [0.1, 0.15) is 35.2 Å². The number of hydrogen-bond donors (Lipinski definition) is 1. The van der Waals surface area contributed by atoms with Gasteiger partial charge in [0.05, 0.1) is 0 Å². The maximum absolute atomic E-state index is 13.3. The number of aryl methyl sites for hydroxylation is 1. The van der Waals surface area contributed by atoms with E-state index in [4.69, 9.17) is 0 Å². The fourth-order valence-electron chi connectivity index (χ4n) is 3.40. The maximum Gasteiger partial charge on any atom is 0.254 e. The number of halogens is 2. The monoisotopic (exact) mass is 312 g/mol. The van der Waals surface area contributed by atoms with Crippen molar-refractivity contribution >= 4 is 18.3 Å². The van der Waals surface area contributed by atoms with Gasteiger partial charge in [-0.1, -0.05) is 6.07 Å². The number of rotatable bonds is 1. The number of nitrogens with one attached hydrogen (secondary N) is 1. The van der Waals surface area contributed by atoms with Gasteiger partial charge in [0.25, 0.3) is 5.91 Å². The predicted octanol–water partition coefficient (Wildman–Crippen LogP) is 2.77. The molecule has 0 aromatic heterocycles. The fraction of sp³-hybridized carbons (Fsp3) is 0.562. The molecule has 5 heteroatoms. The largest absolute Gasteiger partial charge is 0.339 e. The Morgan fingerprint density at radius 2 is 2.00 bits per heavy atom.